The minimum absolute atomic E-state index is 0.134. The Bertz CT molecular complexity index is 1130. The average Bonchev–Trinajstić information content (AvgIpc) is 3.42. The van der Waals surface area contributed by atoms with Crippen molar-refractivity contribution >= 4 is 17.4 Å². The summed E-state index contributed by atoms with van der Waals surface area (Å²) in [6, 6.07) is 11.6. The van der Waals surface area contributed by atoms with Crippen molar-refractivity contribution in [3.63, 3.8) is 0 Å². The lowest BCUT2D eigenvalue weighted by Crippen LogP contribution is -2.22. The summed E-state index contributed by atoms with van der Waals surface area (Å²) in [5.74, 6) is 2.19. The molecule has 1 saturated heterocycles. The van der Waals surface area contributed by atoms with Crippen LogP contribution in [-0.2, 0) is 0 Å². The average molecular weight is 418 g/mol. The SMILES string of the molecule is Cc1cc(C(=O)Nc2cccnc2N2CCCC2)c(C)n1-c1ccc2c(c1)OCCO2. The molecule has 0 aliphatic carbocycles. The van der Waals surface area contributed by atoms with Gasteiger partial charge in [0.05, 0.1) is 11.3 Å². The number of ether oxygens (including phenoxy) is 2. The number of aryl methyl sites for hydroxylation is 1. The molecule has 0 atom stereocenters. The molecule has 7 heteroatoms. The Morgan fingerprint density at radius 1 is 1.03 bits per heavy atom. The van der Waals surface area contributed by atoms with Crippen LogP contribution in [0.4, 0.5) is 11.5 Å². The van der Waals surface area contributed by atoms with Crippen molar-refractivity contribution in [1.82, 2.24) is 9.55 Å². The van der Waals surface area contributed by atoms with Crippen molar-refractivity contribution in [2.75, 3.05) is 36.5 Å². The number of aromatic nitrogens is 2. The number of anilines is 2. The molecule has 4 heterocycles. The molecular weight excluding hydrogens is 392 g/mol. The molecule has 2 aromatic heterocycles. The molecule has 3 aromatic rings. The van der Waals surface area contributed by atoms with Gasteiger partial charge in [-0.15, -0.1) is 0 Å². The Kier molecular flexibility index (Phi) is 5.02. The van der Waals surface area contributed by atoms with Crippen molar-refractivity contribution in [1.29, 1.82) is 0 Å². The van der Waals surface area contributed by atoms with E-state index in [0.29, 0.717) is 18.8 Å². The first-order valence-corrected chi connectivity index (χ1v) is 10.7. The third-order valence-corrected chi connectivity index (χ3v) is 5.90. The van der Waals surface area contributed by atoms with E-state index >= 15 is 0 Å². The zero-order chi connectivity index (χ0) is 21.4. The third-order valence-electron chi connectivity index (χ3n) is 5.90. The van der Waals surface area contributed by atoms with Crippen LogP contribution < -0.4 is 19.7 Å². The maximum atomic E-state index is 13.2. The second-order valence-corrected chi connectivity index (χ2v) is 7.97. The lowest BCUT2D eigenvalue weighted by Gasteiger charge is -2.20. The summed E-state index contributed by atoms with van der Waals surface area (Å²) in [6.07, 6.45) is 4.08. The number of fused-ring (bicyclic) bond motifs is 1. The van der Waals surface area contributed by atoms with Crippen LogP contribution in [0, 0.1) is 13.8 Å². The van der Waals surface area contributed by atoms with Gasteiger partial charge in [0, 0.05) is 42.4 Å². The summed E-state index contributed by atoms with van der Waals surface area (Å²) in [5.41, 5.74) is 4.18. The Balaban J connectivity index is 1.44. The first-order chi connectivity index (χ1) is 15.1. The normalized spacial score (nSPS) is 15.2. The van der Waals surface area contributed by atoms with E-state index in [-0.39, 0.29) is 5.91 Å². The van der Waals surface area contributed by atoms with Crippen molar-refractivity contribution in [3.05, 3.63) is 59.5 Å². The predicted octanol–water partition coefficient (Wildman–Crippen LogP) is 4.11. The molecule has 2 aliphatic rings. The highest BCUT2D eigenvalue weighted by atomic mass is 16.6. The van der Waals surface area contributed by atoms with Gasteiger partial charge in [-0.3, -0.25) is 4.79 Å². The second-order valence-electron chi connectivity index (χ2n) is 7.97. The number of benzene rings is 1. The quantitative estimate of drug-likeness (QED) is 0.691. The number of pyridine rings is 1. The Labute approximate surface area is 181 Å². The summed E-state index contributed by atoms with van der Waals surface area (Å²) in [5, 5.41) is 3.09. The maximum Gasteiger partial charge on any atom is 0.257 e. The fourth-order valence-corrected chi connectivity index (χ4v) is 4.43. The van der Waals surface area contributed by atoms with E-state index in [1.165, 1.54) is 0 Å². The largest absolute Gasteiger partial charge is 0.486 e. The monoisotopic (exact) mass is 418 g/mol. The number of hydrogen-bond donors (Lipinski definition) is 1. The number of carbonyl (C=O) groups is 1. The predicted molar refractivity (Wildman–Crippen MR) is 120 cm³/mol. The van der Waals surface area contributed by atoms with Crippen molar-refractivity contribution in [2.45, 2.75) is 26.7 Å². The van der Waals surface area contributed by atoms with Crippen LogP contribution in [0.15, 0.2) is 42.6 Å². The molecule has 5 rings (SSSR count). The van der Waals surface area contributed by atoms with Gasteiger partial charge in [0.1, 0.15) is 13.2 Å². The summed E-state index contributed by atoms with van der Waals surface area (Å²) >= 11 is 0. The zero-order valence-electron chi connectivity index (χ0n) is 17.9. The minimum Gasteiger partial charge on any atom is -0.486 e. The van der Waals surface area contributed by atoms with E-state index in [2.05, 4.69) is 19.8 Å². The Morgan fingerprint density at radius 3 is 2.61 bits per heavy atom. The van der Waals surface area contributed by atoms with Crippen molar-refractivity contribution < 1.29 is 14.3 Å². The van der Waals surface area contributed by atoms with Crippen LogP contribution >= 0.6 is 0 Å². The zero-order valence-corrected chi connectivity index (χ0v) is 17.9. The number of rotatable bonds is 4. The Morgan fingerprint density at radius 2 is 1.81 bits per heavy atom. The summed E-state index contributed by atoms with van der Waals surface area (Å²) < 4.78 is 13.4. The molecule has 1 fully saturated rings. The molecule has 160 valence electrons. The van der Waals surface area contributed by atoms with Crippen molar-refractivity contribution in [3.8, 4) is 17.2 Å². The molecule has 0 saturated carbocycles. The van der Waals surface area contributed by atoms with Crippen LogP contribution in [0.3, 0.4) is 0 Å². The fraction of sp³-hybridized carbons (Fsp3) is 0.333. The Hall–Kier alpha value is -3.48. The number of amides is 1. The van der Waals surface area contributed by atoms with Crippen LogP contribution in [0.1, 0.15) is 34.6 Å². The van der Waals surface area contributed by atoms with Gasteiger partial charge in [-0.25, -0.2) is 4.98 Å². The van der Waals surface area contributed by atoms with Crippen LogP contribution in [0.2, 0.25) is 0 Å². The van der Waals surface area contributed by atoms with E-state index in [1.54, 1.807) is 6.20 Å². The molecule has 31 heavy (non-hydrogen) atoms. The molecule has 2 aliphatic heterocycles. The van der Waals surface area contributed by atoms with Gasteiger partial charge in [-0.05, 0) is 57.0 Å². The fourth-order valence-electron chi connectivity index (χ4n) is 4.43. The van der Waals surface area contributed by atoms with E-state index in [4.69, 9.17) is 9.47 Å². The maximum absolute atomic E-state index is 13.2. The highest BCUT2D eigenvalue weighted by molar-refractivity contribution is 6.06. The van der Waals surface area contributed by atoms with E-state index in [9.17, 15) is 4.79 Å². The molecule has 0 radical (unpaired) electrons. The molecule has 7 nitrogen and oxygen atoms in total. The lowest BCUT2D eigenvalue weighted by atomic mass is 10.2. The topological polar surface area (TPSA) is 68.6 Å². The van der Waals surface area contributed by atoms with Crippen LogP contribution in [-0.4, -0.2) is 41.8 Å². The van der Waals surface area contributed by atoms with E-state index < -0.39 is 0 Å². The standard InChI is InChI=1S/C24H26N4O3/c1-16-14-19(17(2)28(16)18-7-8-21-22(15-18)31-13-12-30-21)24(29)26-20-6-5-9-25-23(20)27-10-3-4-11-27/h5-9,14-15H,3-4,10-13H2,1-2H3,(H,26,29). The smallest absolute Gasteiger partial charge is 0.257 e. The number of carbonyl (C=O) groups excluding carboxylic acids is 1. The third kappa shape index (κ3) is 3.60. The van der Waals surface area contributed by atoms with Gasteiger partial charge in [0.15, 0.2) is 17.3 Å². The number of hydrogen-bond acceptors (Lipinski definition) is 5. The summed E-state index contributed by atoms with van der Waals surface area (Å²) in [7, 11) is 0. The molecule has 1 N–H and O–H groups in total. The van der Waals surface area contributed by atoms with E-state index in [1.807, 2.05) is 50.2 Å². The first kappa shape index (κ1) is 19.5. The highest BCUT2D eigenvalue weighted by Crippen LogP contribution is 2.34. The molecule has 0 bridgehead atoms. The van der Waals surface area contributed by atoms with Crippen LogP contribution in [0.25, 0.3) is 5.69 Å². The molecular formula is C24H26N4O3. The van der Waals surface area contributed by atoms with Crippen LogP contribution in [0.5, 0.6) is 11.5 Å². The molecule has 0 unspecified atom stereocenters. The van der Waals surface area contributed by atoms with E-state index in [0.717, 1.165) is 66.0 Å². The lowest BCUT2D eigenvalue weighted by molar-refractivity contribution is 0.102. The molecule has 1 aromatic carbocycles. The molecule has 1 amide bonds. The van der Waals surface area contributed by atoms with Gasteiger partial charge >= 0.3 is 0 Å². The van der Waals surface area contributed by atoms with Gasteiger partial charge < -0.3 is 24.3 Å². The summed E-state index contributed by atoms with van der Waals surface area (Å²) in [6.45, 7) is 7.00. The van der Waals surface area contributed by atoms with Crippen molar-refractivity contribution in [2.24, 2.45) is 0 Å². The number of nitrogens with zero attached hydrogens (tertiary/aromatic N) is 3. The second kappa shape index (κ2) is 7.98. The number of nitrogens with one attached hydrogen (secondary N) is 1. The van der Waals surface area contributed by atoms with Gasteiger partial charge in [-0.1, -0.05) is 0 Å². The van der Waals surface area contributed by atoms with Gasteiger partial charge in [-0.2, -0.15) is 0 Å². The minimum atomic E-state index is -0.134. The molecule has 0 spiro atoms. The first-order valence-electron chi connectivity index (χ1n) is 10.7. The van der Waals surface area contributed by atoms with Gasteiger partial charge in [0.25, 0.3) is 5.91 Å². The summed E-state index contributed by atoms with van der Waals surface area (Å²) in [4.78, 5) is 20.0. The van der Waals surface area contributed by atoms with Gasteiger partial charge in [0.2, 0.25) is 0 Å². The highest BCUT2D eigenvalue weighted by Gasteiger charge is 2.22.